The van der Waals surface area contributed by atoms with Crippen LogP contribution in [-0.2, 0) is 9.53 Å². The molecule has 1 aromatic carbocycles. The molecule has 0 aliphatic rings. The Balaban J connectivity index is 2.95. The highest BCUT2D eigenvalue weighted by molar-refractivity contribution is 5.80. The highest BCUT2D eigenvalue weighted by Crippen LogP contribution is 2.28. The topological polar surface area (TPSA) is 91.6 Å². The Hall–Kier alpha value is -2.26. The summed E-state index contributed by atoms with van der Waals surface area (Å²) in [7, 11) is 2.67. The van der Waals surface area contributed by atoms with E-state index in [0.29, 0.717) is 17.0 Å². The van der Waals surface area contributed by atoms with E-state index in [4.69, 9.17) is 10.00 Å². The molecule has 0 saturated carbocycles. The highest BCUT2D eigenvalue weighted by atomic mass is 16.5. The summed E-state index contributed by atoms with van der Waals surface area (Å²) in [5.74, 6) is -0.298. The Morgan fingerprint density at radius 1 is 1.53 bits per heavy atom. The molecule has 1 aromatic rings. The molecule has 0 heterocycles. The van der Waals surface area contributed by atoms with Crippen molar-refractivity contribution in [1.29, 1.82) is 5.26 Å². The van der Waals surface area contributed by atoms with Crippen molar-refractivity contribution in [3.8, 4) is 11.8 Å². The molecule has 0 aliphatic carbocycles. The lowest BCUT2D eigenvalue weighted by Gasteiger charge is -2.22. The molecule has 19 heavy (non-hydrogen) atoms. The number of benzene rings is 1. The number of hydrogen-bond donors (Lipinski definition) is 2. The molecule has 1 atom stereocenters. The lowest BCUT2D eigenvalue weighted by molar-refractivity contribution is -0.158. The van der Waals surface area contributed by atoms with Gasteiger partial charge in [-0.2, -0.15) is 5.26 Å². The van der Waals surface area contributed by atoms with E-state index in [2.05, 4.69) is 10.1 Å². The fraction of sp³-hybridized carbons (Fsp3) is 0.385. The van der Waals surface area contributed by atoms with Crippen molar-refractivity contribution in [2.24, 2.45) is 0 Å². The third-order valence-electron chi connectivity index (χ3n) is 2.60. The number of methoxy groups -OCH3 is 2. The first-order valence-corrected chi connectivity index (χ1v) is 5.58. The van der Waals surface area contributed by atoms with Gasteiger partial charge >= 0.3 is 5.97 Å². The van der Waals surface area contributed by atoms with Crippen molar-refractivity contribution in [3.63, 3.8) is 0 Å². The van der Waals surface area contributed by atoms with Gasteiger partial charge in [-0.05, 0) is 19.1 Å². The van der Waals surface area contributed by atoms with Crippen molar-refractivity contribution in [1.82, 2.24) is 0 Å². The minimum atomic E-state index is -1.69. The zero-order valence-corrected chi connectivity index (χ0v) is 11.1. The van der Waals surface area contributed by atoms with Crippen LogP contribution in [0.1, 0.15) is 12.5 Å². The van der Waals surface area contributed by atoms with Gasteiger partial charge in [0.15, 0.2) is 5.60 Å². The van der Waals surface area contributed by atoms with E-state index in [0.717, 1.165) is 0 Å². The Morgan fingerprint density at radius 3 is 2.74 bits per heavy atom. The van der Waals surface area contributed by atoms with Crippen LogP contribution >= 0.6 is 0 Å². The molecule has 0 spiro atoms. The highest BCUT2D eigenvalue weighted by Gasteiger charge is 2.31. The number of nitrogens with one attached hydrogen (secondary N) is 1. The van der Waals surface area contributed by atoms with E-state index in [1.807, 2.05) is 6.07 Å². The van der Waals surface area contributed by atoms with Crippen LogP contribution in [0.15, 0.2) is 18.2 Å². The predicted molar refractivity (Wildman–Crippen MR) is 68.8 cm³/mol. The smallest absolute Gasteiger partial charge is 0.339 e. The van der Waals surface area contributed by atoms with Gasteiger partial charge in [0, 0.05) is 0 Å². The van der Waals surface area contributed by atoms with Crippen molar-refractivity contribution in [3.05, 3.63) is 23.8 Å². The Bertz CT molecular complexity index is 506. The molecule has 2 N–H and O–H groups in total. The fourth-order valence-corrected chi connectivity index (χ4v) is 1.53. The Morgan fingerprint density at radius 2 is 2.21 bits per heavy atom. The summed E-state index contributed by atoms with van der Waals surface area (Å²) in [6, 6.07) is 6.98. The first-order chi connectivity index (χ1) is 8.96. The number of esters is 1. The molecule has 6 nitrogen and oxygen atoms in total. The number of aliphatic hydroxyl groups is 1. The Labute approximate surface area is 111 Å². The van der Waals surface area contributed by atoms with Crippen LogP contribution in [0.5, 0.6) is 5.75 Å². The van der Waals surface area contributed by atoms with Crippen LogP contribution in [0.25, 0.3) is 0 Å². The van der Waals surface area contributed by atoms with Gasteiger partial charge in [0.25, 0.3) is 0 Å². The molecule has 0 bridgehead atoms. The third kappa shape index (κ3) is 3.36. The van der Waals surface area contributed by atoms with Crippen LogP contribution in [-0.4, -0.2) is 37.4 Å². The number of hydrogen-bond acceptors (Lipinski definition) is 6. The largest absolute Gasteiger partial charge is 0.495 e. The summed E-state index contributed by atoms with van der Waals surface area (Å²) in [6.45, 7) is 1.22. The summed E-state index contributed by atoms with van der Waals surface area (Å²) >= 11 is 0. The van der Waals surface area contributed by atoms with Crippen molar-refractivity contribution >= 4 is 11.7 Å². The van der Waals surface area contributed by atoms with Crippen LogP contribution in [0.4, 0.5) is 5.69 Å². The number of ether oxygens (including phenoxy) is 2. The monoisotopic (exact) mass is 264 g/mol. The second-order valence-electron chi connectivity index (χ2n) is 4.11. The Kier molecular flexibility index (Phi) is 4.73. The average molecular weight is 264 g/mol. The molecule has 1 rings (SSSR count). The number of para-hydroxylation sites is 1. The van der Waals surface area contributed by atoms with Gasteiger partial charge in [0.2, 0.25) is 0 Å². The van der Waals surface area contributed by atoms with E-state index in [9.17, 15) is 9.90 Å². The minimum Gasteiger partial charge on any atom is -0.495 e. The predicted octanol–water partition coefficient (Wildman–Crippen LogP) is 0.903. The second-order valence-corrected chi connectivity index (χ2v) is 4.11. The van der Waals surface area contributed by atoms with Crippen LogP contribution in [0, 0.1) is 11.3 Å². The fourth-order valence-electron chi connectivity index (χ4n) is 1.53. The van der Waals surface area contributed by atoms with Gasteiger partial charge in [-0.3, -0.25) is 0 Å². The number of carbonyl (C=O) groups excluding carboxylic acids is 1. The SMILES string of the molecule is COC(=O)C(C)(O)CNc1c(C#N)cccc1OC. The second kappa shape index (κ2) is 6.07. The zero-order valence-electron chi connectivity index (χ0n) is 11.1. The maximum atomic E-state index is 11.4. The number of nitrogens with zero attached hydrogens (tertiary/aromatic N) is 1. The number of anilines is 1. The number of nitriles is 1. The van der Waals surface area contributed by atoms with E-state index < -0.39 is 11.6 Å². The quantitative estimate of drug-likeness (QED) is 0.768. The van der Waals surface area contributed by atoms with Crippen molar-refractivity contribution < 1.29 is 19.4 Å². The average Bonchev–Trinajstić information content (AvgIpc) is 2.43. The lowest BCUT2D eigenvalue weighted by Crippen LogP contribution is -2.43. The standard InChI is InChI=1S/C13H16N2O4/c1-13(17,12(16)19-3)8-15-11-9(7-14)5-4-6-10(11)18-2/h4-6,15,17H,8H2,1-3H3. The maximum Gasteiger partial charge on any atom is 0.339 e. The number of rotatable bonds is 5. The molecule has 0 aromatic heterocycles. The van der Waals surface area contributed by atoms with Gasteiger partial charge in [0.1, 0.15) is 11.8 Å². The summed E-state index contributed by atoms with van der Waals surface area (Å²) in [6.07, 6.45) is 0. The van der Waals surface area contributed by atoms with Gasteiger partial charge in [0.05, 0.1) is 32.0 Å². The van der Waals surface area contributed by atoms with Gasteiger partial charge in [-0.15, -0.1) is 0 Å². The summed E-state index contributed by atoms with van der Waals surface area (Å²) < 4.78 is 9.62. The summed E-state index contributed by atoms with van der Waals surface area (Å²) in [5, 5.41) is 21.8. The summed E-state index contributed by atoms with van der Waals surface area (Å²) in [5.41, 5.74) is -0.904. The van der Waals surface area contributed by atoms with E-state index in [1.165, 1.54) is 21.1 Å². The van der Waals surface area contributed by atoms with Gasteiger partial charge in [-0.25, -0.2) is 4.79 Å². The normalized spacial score (nSPS) is 13.0. The van der Waals surface area contributed by atoms with Gasteiger partial charge in [-0.1, -0.05) is 6.07 Å². The molecule has 1 unspecified atom stereocenters. The van der Waals surface area contributed by atoms with E-state index >= 15 is 0 Å². The van der Waals surface area contributed by atoms with Crippen LogP contribution < -0.4 is 10.1 Å². The molecule has 0 amide bonds. The van der Waals surface area contributed by atoms with Gasteiger partial charge < -0.3 is 19.9 Å². The molecule has 0 saturated heterocycles. The van der Waals surface area contributed by atoms with E-state index in [-0.39, 0.29) is 6.54 Å². The molecular formula is C13H16N2O4. The molecule has 102 valence electrons. The molecular weight excluding hydrogens is 248 g/mol. The maximum absolute atomic E-state index is 11.4. The lowest BCUT2D eigenvalue weighted by atomic mass is 10.1. The first-order valence-electron chi connectivity index (χ1n) is 5.58. The third-order valence-corrected chi connectivity index (χ3v) is 2.60. The van der Waals surface area contributed by atoms with Crippen LogP contribution in [0.3, 0.4) is 0 Å². The van der Waals surface area contributed by atoms with E-state index in [1.54, 1.807) is 18.2 Å². The number of carbonyl (C=O) groups is 1. The molecule has 0 fully saturated rings. The zero-order chi connectivity index (χ0) is 14.5. The van der Waals surface area contributed by atoms with Crippen molar-refractivity contribution in [2.45, 2.75) is 12.5 Å². The van der Waals surface area contributed by atoms with Crippen molar-refractivity contribution in [2.75, 3.05) is 26.1 Å². The molecule has 6 heteroatoms. The van der Waals surface area contributed by atoms with Crippen LogP contribution in [0.2, 0.25) is 0 Å². The summed E-state index contributed by atoms with van der Waals surface area (Å²) in [4.78, 5) is 11.4. The first kappa shape index (κ1) is 14.8. The molecule has 0 aliphatic heterocycles. The minimum absolute atomic E-state index is 0.102. The molecule has 0 radical (unpaired) electrons.